The molecule has 1 aromatic carbocycles. The molecule has 24 heavy (non-hydrogen) atoms. The highest BCUT2D eigenvalue weighted by atomic mass is 16.4. The van der Waals surface area contributed by atoms with E-state index < -0.39 is 11.9 Å². The number of carboxylic acids is 1. The van der Waals surface area contributed by atoms with Gasteiger partial charge in [0.15, 0.2) is 5.69 Å². The number of aryl methyl sites for hydroxylation is 1. The predicted molar refractivity (Wildman–Crippen MR) is 85.9 cm³/mol. The molecule has 0 atom stereocenters. The van der Waals surface area contributed by atoms with E-state index in [1.165, 1.54) is 17.9 Å². The lowest BCUT2D eigenvalue weighted by Gasteiger charge is -2.07. The van der Waals surface area contributed by atoms with Crippen LogP contribution in [0.25, 0.3) is 0 Å². The zero-order chi connectivity index (χ0) is 17.1. The van der Waals surface area contributed by atoms with Crippen LogP contribution in [0, 0.1) is 0 Å². The number of aromatic carboxylic acids is 1. The first-order valence-corrected chi connectivity index (χ1v) is 7.17. The Balaban J connectivity index is 1.79. The summed E-state index contributed by atoms with van der Waals surface area (Å²) in [6, 6.07) is 8.90. The molecule has 1 amide bonds. The number of hydrogen-bond acceptors (Lipinski definition) is 4. The van der Waals surface area contributed by atoms with Gasteiger partial charge >= 0.3 is 5.97 Å². The van der Waals surface area contributed by atoms with Crippen molar-refractivity contribution in [1.82, 2.24) is 19.6 Å². The zero-order valence-corrected chi connectivity index (χ0v) is 12.9. The monoisotopic (exact) mass is 325 g/mol. The Hall–Kier alpha value is -3.42. The zero-order valence-electron chi connectivity index (χ0n) is 12.9. The van der Waals surface area contributed by atoms with Gasteiger partial charge in [0.1, 0.15) is 0 Å². The van der Waals surface area contributed by atoms with Gasteiger partial charge < -0.3 is 10.4 Å². The molecule has 0 saturated heterocycles. The van der Waals surface area contributed by atoms with Crippen LogP contribution < -0.4 is 5.32 Å². The molecule has 0 radical (unpaired) electrons. The lowest BCUT2D eigenvalue weighted by atomic mass is 10.1. The number of nitrogens with zero attached hydrogens (tertiary/aromatic N) is 4. The van der Waals surface area contributed by atoms with Crippen LogP contribution in [0.2, 0.25) is 0 Å². The molecule has 2 N–H and O–H groups in total. The van der Waals surface area contributed by atoms with Gasteiger partial charge in [-0.05, 0) is 23.8 Å². The average Bonchev–Trinajstić information content (AvgIpc) is 3.17. The molecular weight excluding hydrogens is 310 g/mol. The number of rotatable bonds is 5. The Morgan fingerprint density at radius 2 is 2.08 bits per heavy atom. The molecule has 8 nitrogen and oxygen atoms in total. The number of anilines is 1. The maximum absolute atomic E-state index is 12.4. The molecule has 3 rings (SSSR count). The van der Waals surface area contributed by atoms with Crippen molar-refractivity contribution >= 4 is 17.6 Å². The van der Waals surface area contributed by atoms with Gasteiger partial charge in [0.25, 0.3) is 5.91 Å². The van der Waals surface area contributed by atoms with Crippen LogP contribution >= 0.6 is 0 Å². The van der Waals surface area contributed by atoms with E-state index in [0.29, 0.717) is 12.1 Å². The minimum Gasteiger partial charge on any atom is -0.476 e. The summed E-state index contributed by atoms with van der Waals surface area (Å²) < 4.78 is 2.95. The van der Waals surface area contributed by atoms with Crippen LogP contribution in [0.1, 0.15) is 26.4 Å². The van der Waals surface area contributed by atoms with Gasteiger partial charge in [0.05, 0.1) is 18.4 Å². The third kappa shape index (κ3) is 3.17. The molecule has 3 aromatic rings. The van der Waals surface area contributed by atoms with Crippen molar-refractivity contribution in [3.63, 3.8) is 0 Å². The fraction of sp³-hybridized carbons (Fsp3) is 0.125. The van der Waals surface area contributed by atoms with Crippen molar-refractivity contribution in [2.75, 3.05) is 5.32 Å². The number of benzene rings is 1. The predicted octanol–water partition coefficient (Wildman–Crippen LogP) is 1.62. The van der Waals surface area contributed by atoms with Crippen LogP contribution in [0.15, 0.2) is 48.9 Å². The summed E-state index contributed by atoms with van der Waals surface area (Å²) in [7, 11) is 1.50. The average molecular weight is 325 g/mol. The van der Waals surface area contributed by atoms with Gasteiger partial charge in [-0.15, -0.1) is 0 Å². The summed E-state index contributed by atoms with van der Waals surface area (Å²) in [6.45, 7) is 0.543. The summed E-state index contributed by atoms with van der Waals surface area (Å²) >= 11 is 0. The topological polar surface area (TPSA) is 102 Å². The number of aromatic nitrogens is 4. The molecule has 0 saturated carbocycles. The maximum Gasteiger partial charge on any atom is 0.356 e. The molecule has 0 fully saturated rings. The van der Waals surface area contributed by atoms with Crippen molar-refractivity contribution in [1.29, 1.82) is 0 Å². The highest BCUT2D eigenvalue weighted by Crippen LogP contribution is 2.16. The third-order valence-corrected chi connectivity index (χ3v) is 3.48. The second-order valence-corrected chi connectivity index (χ2v) is 5.19. The molecule has 0 aliphatic heterocycles. The van der Waals surface area contributed by atoms with Crippen molar-refractivity contribution in [2.45, 2.75) is 6.54 Å². The van der Waals surface area contributed by atoms with Crippen molar-refractivity contribution in [2.24, 2.45) is 7.05 Å². The highest BCUT2D eigenvalue weighted by Gasteiger charge is 2.18. The lowest BCUT2D eigenvalue weighted by molar-refractivity contribution is 0.0686. The van der Waals surface area contributed by atoms with Crippen LogP contribution in [0.3, 0.4) is 0 Å². The minimum atomic E-state index is -1.15. The van der Waals surface area contributed by atoms with E-state index in [-0.39, 0.29) is 11.4 Å². The summed E-state index contributed by atoms with van der Waals surface area (Å²) in [6.07, 6.45) is 4.84. The van der Waals surface area contributed by atoms with Crippen molar-refractivity contribution in [3.05, 3.63) is 65.7 Å². The number of carbonyl (C=O) groups excluding carboxylic acids is 1. The van der Waals surface area contributed by atoms with E-state index in [9.17, 15) is 14.7 Å². The summed E-state index contributed by atoms with van der Waals surface area (Å²) in [5.74, 6) is -1.55. The largest absolute Gasteiger partial charge is 0.476 e. The Morgan fingerprint density at radius 1 is 1.25 bits per heavy atom. The third-order valence-electron chi connectivity index (χ3n) is 3.48. The van der Waals surface area contributed by atoms with Gasteiger partial charge in [0, 0.05) is 25.0 Å². The number of carboxylic acid groups (broad SMARTS) is 1. The Bertz CT molecular complexity index is 883. The van der Waals surface area contributed by atoms with Gasteiger partial charge in [-0.3, -0.25) is 14.2 Å². The first-order valence-electron chi connectivity index (χ1n) is 7.17. The van der Waals surface area contributed by atoms with Gasteiger partial charge in [-0.1, -0.05) is 12.1 Å². The molecule has 0 aliphatic rings. The van der Waals surface area contributed by atoms with E-state index in [4.69, 9.17) is 0 Å². The van der Waals surface area contributed by atoms with E-state index >= 15 is 0 Å². The number of nitrogens with one attached hydrogen (secondary N) is 1. The van der Waals surface area contributed by atoms with Crippen LogP contribution in [-0.4, -0.2) is 36.5 Å². The second kappa shape index (κ2) is 6.37. The van der Waals surface area contributed by atoms with Crippen molar-refractivity contribution < 1.29 is 14.7 Å². The molecule has 8 heteroatoms. The Labute approximate surface area is 137 Å². The second-order valence-electron chi connectivity index (χ2n) is 5.19. The molecule has 2 heterocycles. The molecule has 0 bridgehead atoms. The molecule has 122 valence electrons. The molecule has 2 aromatic heterocycles. The molecule has 0 aliphatic carbocycles. The van der Waals surface area contributed by atoms with E-state index in [2.05, 4.69) is 15.5 Å². The van der Waals surface area contributed by atoms with E-state index in [1.54, 1.807) is 29.1 Å². The first-order chi connectivity index (χ1) is 11.5. The smallest absolute Gasteiger partial charge is 0.356 e. The van der Waals surface area contributed by atoms with Gasteiger partial charge in [-0.25, -0.2) is 4.79 Å². The molecular formula is C16H15N5O3. The highest BCUT2D eigenvalue weighted by molar-refractivity contribution is 6.07. The Morgan fingerprint density at radius 3 is 2.79 bits per heavy atom. The molecule has 0 unspecified atom stereocenters. The van der Waals surface area contributed by atoms with Gasteiger partial charge in [-0.2, -0.15) is 10.2 Å². The SMILES string of the molecule is Cn1ncc(NC(=O)c2cccc(Cn3cccn3)c2)c1C(=O)O. The van der Waals surface area contributed by atoms with Gasteiger partial charge in [0.2, 0.25) is 0 Å². The first kappa shape index (κ1) is 15.5. The Kier molecular flexibility index (Phi) is 4.11. The number of hydrogen-bond donors (Lipinski definition) is 2. The van der Waals surface area contributed by atoms with Crippen LogP contribution in [0.5, 0.6) is 0 Å². The summed E-state index contributed by atoms with van der Waals surface area (Å²) in [4.78, 5) is 23.6. The normalized spacial score (nSPS) is 10.5. The lowest BCUT2D eigenvalue weighted by Crippen LogP contribution is -2.16. The van der Waals surface area contributed by atoms with E-state index in [0.717, 1.165) is 5.56 Å². The quantitative estimate of drug-likeness (QED) is 0.742. The summed E-state index contributed by atoms with van der Waals surface area (Å²) in [5, 5.41) is 19.8. The standard InChI is InChI=1S/C16H15N5O3/c1-20-14(16(23)24)13(9-18-20)19-15(22)12-5-2-4-11(8-12)10-21-7-3-6-17-21/h2-9H,10H2,1H3,(H,19,22)(H,23,24). The van der Waals surface area contributed by atoms with Crippen LogP contribution in [-0.2, 0) is 13.6 Å². The maximum atomic E-state index is 12.4. The fourth-order valence-corrected chi connectivity index (χ4v) is 2.37. The number of carbonyl (C=O) groups is 2. The number of amides is 1. The molecule has 0 spiro atoms. The van der Waals surface area contributed by atoms with E-state index in [1.807, 2.05) is 18.3 Å². The van der Waals surface area contributed by atoms with Crippen LogP contribution in [0.4, 0.5) is 5.69 Å². The van der Waals surface area contributed by atoms with Crippen molar-refractivity contribution in [3.8, 4) is 0 Å². The summed E-state index contributed by atoms with van der Waals surface area (Å²) in [5.41, 5.74) is 1.43. The fourth-order valence-electron chi connectivity index (χ4n) is 2.37. The minimum absolute atomic E-state index is 0.0731.